The van der Waals surface area contributed by atoms with E-state index >= 15 is 0 Å². The van der Waals surface area contributed by atoms with E-state index in [9.17, 15) is 4.79 Å². The molecule has 3 aromatic heterocycles. The van der Waals surface area contributed by atoms with Crippen LogP contribution in [0.1, 0.15) is 27.2 Å². The van der Waals surface area contributed by atoms with Gasteiger partial charge in [-0.05, 0) is 41.5 Å². The zero-order chi connectivity index (χ0) is 22.5. The van der Waals surface area contributed by atoms with Crippen LogP contribution in [-0.4, -0.2) is 24.8 Å². The third-order valence-corrected chi connectivity index (χ3v) is 5.37. The average Bonchev–Trinajstić information content (AvgIpc) is 3.51. The largest absolute Gasteiger partial charge is 0.487 e. The number of pyridine rings is 1. The predicted octanol–water partition coefficient (Wildman–Crippen LogP) is 4.09. The molecule has 0 saturated carbocycles. The van der Waals surface area contributed by atoms with Crippen LogP contribution in [0.3, 0.4) is 0 Å². The SMILES string of the molecule is O=C(NCc1ccccc1Cn1ccnc1)c1cccc(OCc2cn3ccccc3n2)c1. The summed E-state index contributed by atoms with van der Waals surface area (Å²) in [7, 11) is 0. The molecule has 2 aromatic carbocycles. The van der Waals surface area contributed by atoms with Gasteiger partial charge in [0.15, 0.2) is 0 Å². The predicted molar refractivity (Wildman–Crippen MR) is 125 cm³/mol. The number of rotatable bonds is 8. The molecule has 1 amide bonds. The molecule has 0 atom stereocenters. The lowest BCUT2D eigenvalue weighted by Crippen LogP contribution is -2.23. The van der Waals surface area contributed by atoms with E-state index in [-0.39, 0.29) is 5.91 Å². The molecule has 3 heterocycles. The molecular weight excluding hydrogens is 414 g/mol. The standard InChI is InChI=1S/C26H23N5O2/c32-26(28-15-21-6-1-2-7-22(21)16-30-13-11-27-19-30)20-8-5-9-24(14-20)33-18-23-17-31-12-4-3-10-25(31)29-23/h1-14,17,19H,15-16,18H2,(H,28,32). The molecule has 0 radical (unpaired) electrons. The highest BCUT2D eigenvalue weighted by Gasteiger charge is 2.10. The summed E-state index contributed by atoms with van der Waals surface area (Å²) in [4.78, 5) is 21.4. The first-order valence-electron chi connectivity index (χ1n) is 10.7. The van der Waals surface area contributed by atoms with E-state index in [4.69, 9.17) is 4.74 Å². The monoisotopic (exact) mass is 437 g/mol. The number of aromatic nitrogens is 4. The maximum Gasteiger partial charge on any atom is 0.251 e. The quantitative estimate of drug-likeness (QED) is 0.397. The Balaban J connectivity index is 1.21. The fourth-order valence-corrected chi connectivity index (χ4v) is 3.68. The van der Waals surface area contributed by atoms with Gasteiger partial charge in [-0.1, -0.05) is 36.4 Å². The molecule has 7 nitrogen and oxygen atoms in total. The second-order valence-corrected chi connectivity index (χ2v) is 7.70. The highest BCUT2D eigenvalue weighted by atomic mass is 16.5. The van der Waals surface area contributed by atoms with Crippen molar-refractivity contribution >= 4 is 11.6 Å². The number of fused-ring (bicyclic) bond motifs is 1. The van der Waals surface area contributed by atoms with Crippen LogP contribution in [0.2, 0.25) is 0 Å². The Hall–Kier alpha value is -4.39. The number of amides is 1. The molecule has 164 valence electrons. The van der Waals surface area contributed by atoms with Gasteiger partial charge in [0.05, 0.1) is 12.0 Å². The van der Waals surface area contributed by atoms with Crippen LogP contribution in [0, 0.1) is 0 Å². The first-order valence-corrected chi connectivity index (χ1v) is 10.7. The van der Waals surface area contributed by atoms with Gasteiger partial charge in [-0.15, -0.1) is 0 Å². The molecule has 5 aromatic rings. The maximum atomic E-state index is 12.8. The molecule has 0 unspecified atom stereocenters. The van der Waals surface area contributed by atoms with Crippen LogP contribution in [0.15, 0.2) is 97.8 Å². The van der Waals surface area contributed by atoms with Gasteiger partial charge in [0.1, 0.15) is 18.0 Å². The van der Waals surface area contributed by atoms with Crippen molar-refractivity contribution in [2.75, 3.05) is 0 Å². The Morgan fingerprint density at radius 1 is 0.970 bits per heavy atom. The van der Waals surface area contributed by atoms with Crippen molar-refractivity contribution in [3.63, 3.8) is 0 Å². The molecule has 0 aliphatic carbocycles. The van der Waals surface area contributed by atoms with Gasteiger partial charge >= 0.3 is 0 Å². The van der Waals surface area contributed by atoms with Crippen LogP contribution >= 0.6 is 0 Å². The van der Waals surface area contributed by atoms with E-state index < -0.39 is 0 Å². The summed E-state index contributed by atoms with van der Waals surface area (Å²) < 4.78 is 9.84. The number of hydrogen-bond donors (Lipinski definition) is 1. The number of carbonyl (C=O) groups excluding carboxylic acids is 1. The highest BCUT2D eigenvalue weighted by Crippen LogP contribution is 2.16. The smallest absolute Gasteiger partial charge is 0.251 e. The lowest BCUT2D eigenvalue weighted by Gasteiger charge is -2.12. The summed E-state index contributed by atoms with van der Waals surface area (Å²) >= 11 is 0. The van der Waals surface area contributed by atoms with Crippen molar-refractivity contribution in [3.05, 3.63) is 120 Å². The Morgan fingerprint density at radius 2 is 1.85 bits per heavy atom. The van der Waals surface area contributed by atoms with Gasteiger partial charge in [0, 0.05) is 43.4 Å². The topological polar surface area (TPSA) is 73.5 Å². The van der Waals surface area contributed by atoms with Crippen molar-refractivity contribution in [3.8, 4) is 5.75 Å². The minimum Gasteiger partial charge on any atom is -0.487 e. The number of nitrogens with zero attached hydrogens (tertiary/aromatic N) is 4. The molecular formula is C26H23N5O2. The first-order chi connectivity index (χ1) is 16.2. The van der Waals surface area contributed by atoms with E-state index in [2.05, 4.69) is 21.4 Å². The average molecular weight is 438 g/mol. The molecule has 0 saturated heterocycles. The molecule has 7 heteroatoms. The summed E-state index contributed by atoms with van der Waals surface area (Å²) in [5.41, 5.74) is 4.46. The number of carbonyl (C=O) groups is 1. The molecule has 0 bridgehead atoms. The molecule has 0 spiro atoms. The second kappa shape index (κ2) is 9.40. The fraction of sp³-hybridized carbons (Fsp3) is 0.115. The third kappa shape index (κ3) is 4.93. The minimum absolute atomic E-state index is 0.148. The van der Waals surface area contributed by atoms with Crippen molar-refractivity contribution < 1.29 is 9.53 Å². The summed E-state index contributed by atoms with van der Waals surface area (Å²) in [5.74, 6) is 0.478. The Kier molecular flexibility index (Phi) is 5.84. The van der Waals surface area contributed by atoms with E-state index in [0.29, 0.717) is 31.0 Å². The van der Waals surface area contributed by atoms with Gasteiger partial charge in [0.25, 0.3) is 5.91 Å². The zero-order valence-electron chi connectivity index (χ0n) is 18.0. The summed E-state index contributed by atoms with van der Waals surface area (Å²) in [6, 6.07) is 21.1. The lowest BCUT2D eigenvalue weighted by molar-refractivity contribution is 0.0950. The molecule has 5 rings (SSSR count). The van der Waals surface area contributed by atoms with Crippen LogP contribution < -0.4 is 10.1 Å². The molecule has 33 heavy (non-hydrogen) atoms. The summed E-state index contributed by atoms with van der Waals surface area (Å²) in [6.45, 7) is 1.48. The van der Waals surface area contributed by atoms with Crippen LogP contribution in [0.5, 0.6) is 5.75 Å². The minimum atomic E-state index is -0.148. The van der Waals surface area contributed by atoms with Crippen LogP contribution in [-0.2, 0) is 19.7 Å². The molecule has 1 N–H and O–H groups in total. The normalized spacial score (nSPS) is 10.9. The lowest BCUT2D eigenvalue weighted by atomic mass is 10.1. The second-order valence-electron chi connectivity index (χ2n) is 7.70. The van der Waals surface area contributed by atoms with Gasteiger partial charge in [-0.3, -0.25) is 4.79 Å². The van der Waals surface area contributed by atoms with E-state index in [0.717, 1.165) is 22.5 Å². The van der Waals surface area contributed by atoms with E-state index in [1.807, 2.05) is 76.1 Å². The Labute approximate surface area is 191 Å². The molecule has 0 fully saturated rings. The van der Waals surface area contributed by atoms with E-state index in [1.54, 1.807) is 24.7 Å². The van der Waals surface area contributed by atoms with Crippen molar-refractivity contribution in [2.24, 2.45) is 0 Å². The van der Waals surface area contributed by atoms with E-state index in [1.165, 1.54) is 0 Å². The number of benzene rings is 2. The van der Waals surface area contributed by atoms with Gasteiger partial charge < -0.3 is 19.0 Å². The molecule has 0 aliphatic heterocycles. The first kappa shape index (κ1) is 20.5. The van der Waals surface area contributed by atoms with Gasteiger partial charge in [-0.2, -0.15) is 0 Å². The summed E-state index contributed by atoms with van der Waals surface area (Å²) in [5, 5.41) is 3.02. The number of imidazole rings is 2. The van der Waals surface area contributed by atoms with Gasteiger partial charge in [0.2, 0.25) is 0 Å². The van der Waals surface area contributed by atoms with Crippen molar-refractivity contribution in [1.82, 2.24) is 24.3 Å². The zero-order valence-corrected chi connectivity index (χ0v) is 18.0. The van der Waals surface area contributed by atoms with Crippen molar-refractivity contribution in [1.29, 1.82) is 0 Å². The third-order valence-electron chi connectivity index (χ3n) is 5.37. The maximum absolute atomic E-state index is 12.8. The number of ether oxygens (including phenoxy) is 1. The Bertz CT molecular complexity index is 1340. The fourth-order valence-electron chi connectivity index (χ4n) is 3.68. The van der Waals surface area contributed by atoms with Crippen molar-refractivity contribution in [2.45, 2.75) is 19.7 Å². The number of nitrogens with one attached hydrogen (secondary N) is 1. The Morgan fingerprint density at radius 3 is 2.70 bits per heavy atom. The number of hydrogen-bond acceptors (Lipinski definition) is 4. The van der Waals surface area contributed by atoms with Gasteiger partial charge in [-0.25, -0.2) is 9.97 Å². The molecule has 0 aliphatic rings. The van der Waals surface area contributed by atoms with Crippen LogP contribution in [0.25, 0.3) is 5.65 Å². The summed E-state index contributed by atoms with van der Waals surface area (Å²) in [6.07, 6.45) is 9.35. The van der Waals surface area contributed by atoms with Crippen LogP contribution in [0.4, 0.5) is 0 Å². The highest BCUT2D eigenvalue weighted by molar-refractivity contribution is 5.94.